The van der Waals surface area contributed by atoms with Gasteiger partial charge in [-0.3, -0.25) is 14.7 Å². The highest BCUT2D eigenvalue weighted by molar-refractivity contribution is 5.73. The van der Waals surface area contributed by atoms with Crippen LogP contribution in [0.3, 0.4) is 0 Å². The van der Waals surface area contributed by atoms with Crippen molar-refractivity contribution in [2.75, 3.05) is 46.5 Å². The van der Waals surface area contributed by atoms with E-state index in [1.54, 1.807) is 11.1 Å². The van der Waals surface area contributed by atoms with Crippen molar-refractivity contribution in [3.05, 3.63) is 30.1 Å². The Labute approximate surface area is 173 Å². The van der Waals surface area contributed by atoms with Crippen LogP contribution in [-0.2, 0) is 20.8 Å². The van der Waals surface area contributed by atoms with Crippen LogP contribution >= 0.6 is 0 Å². The summed E-state index contributed by atoms with van der Waals surface area (Å²) in [6, 6.07) is 5.92. The van der Waals surface area contributed by atoms with Gasteiger partial charge in [0.25, 0.3) is 0 Å². The molecule has 1 aliphatic rings. The molecule has 2 heterocycles. The fourth-order valence-corrected chi connectivity index (χ4v) is 3.48. The maximum atomic E-state index is 12.1. The van der Waals surface area contributed by atoms with Gasteiger partial charge in [-0.2, -0.15) is 0 Å². The Bertz CT molecular complexity index is 589. The third kappa shape index (κ3) is 8.36. The van der Waals surface area contributed by atoms with Crippen LogP contribution in [0.15, 0.2) is 24.4 Å². The number of aliphatic hydroxyl groups excluding tert-OH is 2. The number of carbonyl (C=O) groups excluding carboxylic acids is 1. The summed E-state index contributed by atoms with van der Waals surface area (Å²) in [5.74, 6) is -0.0782. The molecule has 8 heteroatoms. The van der Waals surface area contributed by atoms with E-state index in [1.165, 1.54) is 14.0 Å². The zero-order chi connectivity index (χ0) is 21.1. The number of hydrogen-bond acceptors (Lipinski definition) is 7. The third-order valence-electron chi connectivity index (χ3n) is 5.24. The Morgan fingerprint density at radius 3 is 2.72 bits per heavy atom. The SMILES string of the molecule is CO[C@H]1CN(C(C)=O)CCCN(Cc2ccccn2)CCCCOC[C@H](O)[C@@H]1O. The highest BCUT2D eigenvalue weighted by Gasteiger charge is 2.29. The molecule has 1 aliphatic heterocycles. The van der Waals surface area contributed by atoms with Gasteiger partial charge in [0.05, 0.1) is 12.3 Å². The van der Waals surface area contributed by atoms with E-state index in [4.69, 9.17) is 9.47 Å². The summed E-state index contributed by atoms with van der Waals surface area (Å²) < 4.78 is 10.9. The van der Waals surface area contributed by atoms with Crippen molar-refractivity contribution >= 4 is 5.91 Å². The van der Waals surface area contributed by atoms with Crippen molar-refractivity contribution in [2.24, 2.45) is 0 Å². The summed E-state index contributed by atoms with van der Waals surface area (Å²) in [7, 11) is 1.47. The third-order valence-corrected chi connectivity index (χ3v) is 5.24. The molecule has 0 spiro atoms. The van der Waals surface area contributed by atoms with Gasteiger partial charge in [0.2, 0.25) is 5.91 Å². The Morgan fingerprint density at radius 1 is 1.24 bits per heavy atom. The van der Waals surface area contributed by atoms with Crippen molar-refractivity contribution in [2.45, 2.75) is 51.0 Å². The van der Waals surface area contributed by atoms with Crippen molar-refractivity contribution in [1.29, 1.82) is 0 Å². The molecule has 0 aromatic carbocycles. The number of hydrogen-bond donors (Lipinski definition) is 2. The molecule has 0 aliphatic carbocycles. The van der Waals surface area contributed by atoms with Crippen LogP contribution in [0.5, 0.6) is 0 Å². The smallest absolute Gasteiger partial charge is 0.219 e. The predicted octanol–water partition coefficient (Wildman–Crippen LogP) is 0.669. The normalized spacial score (nSPS) is 26.5. The molecule has 29 heavy (non-hydrogen) atoms. The second-order valence-electron chi connectivity index (χ2n) is 7.53. The standard InChI is InChI=1S/C21H35N3O5/c1-17(25)24-12-7-11-23(14-18-8-3-4-9-22-18)10-5-6-13-29-16-19(26)21(27)20(15-24)28-2/h3-4,8-9,19-21,26-27H,5-7,10-16H2,1-2H3/t19-,20-,21-/m0/s1. The first-order chi connectivity index (χ1) is 14.0. The zero-order valence-electron chi connectivity index (χ0n) is 17.6. The molecular weight excluding hydrogens is 374 g/mol. The molecule has 0 radical (unpaired) electrons. The number of methoxy groups -OCH3 is 1. The highest BCUT2D eigenvalue weighted by Crippen LogP contribution is 2.11. The maximum absolute atomic E-state index is 12.1. The summed E-state index contributed by atoms with van der Waals surface area (Å²) in [6.07, 6.45) is 1.59. The molecule has 0 unspecified atom stereocenters. The molecule has 3 atom stereocenters. The van der Waals surface area contributed by atoms with Gasteiger partial charge < -0.3 is 24.6 Å². The van der Waals surface area contributed by atoms with Crippen LogP contribution in [0.25, 0.3) is 0 Å². The van der Waals surface area contributed by atoms with Crippen molar-refractivity contribution in [1.82, 2.24) is 14.8 Å². The average Bonchev–Trinajstić information content (AvgIpc) is 2.72. The van der Waals surface area contributed by atoms with Crippen LogP contribution in [0.1, 0.15) is 31.9 Å². The Hall–Kier alpha value is -1.58. The average molecular weight is 410 g/mol. The second kappa shape index (κ2) is 12.9. The maximum Gasteiger partial charge on any atom is 0.219 e. The van der Waals surface area contributed by atoms with Crippen molar-refractivity contribution in [3.8, 4) is 0 Å². The lowest BCUT2D eigenvalue weighted by Crippen LogP contribution is -2.48. The van der Waals surface area contributed by atoms with Crippen LogP contribution in [0, 0.1) is 0 Å². The van der Waals surface area contributed by atoms with E-state index in [1.807, 2.05) is 18.2 Å². The minimum Gasteiger partial charge on any atom is -0.388 e. The number of aromatic nitrogens is 1. The number of pyridine rings is 1. The first-order valence-corrected chi connectivity index (χ1v) is 10.4. The first-order valence-electron chi connectivity index (χ1n) is 10.4. The topological polar surface area (TPSA) is 95.4 Å². The van der Waals surface area contributed by atoms with E-state index in [0.29, 0.717) is 13.2 Å². The Morgan fingerprint density at radius 2 is 2.03 bits per heavy atom. The van der Waals surface area contributed by atoms with Gasteiger partial charge >= 0.3 is 0 Å². The molecule has 1 amide bonds. The van der Waals surface area contributed by atoms with Crippen LogP contribution in [0.2, 0.25) is 0 Å². The van der Waals surface area contributed by atoms with E-state index >= 15 is 0 Å². The summed E-state index contributed by atoms with van der Waals surface area (Å²) in [5.41, 5.74) is 1.02. The molecule has 0 saturated carbocycles. The molecule has 0 bridgehead atoms. The van der Waals surface area contributed by atoms with E-state index < -0.39 is 18.3 Å². The number of amides is 1. The lowest BCUT2D eigenvalue weighted by Gasteiger charge is -2.31. The molecule has 2 N–H and O–H groups in total. The van der Waals surface area contributed by atoms with E-state index in [0.717, 1.165) is 44.6 Å². The number of rotatable bonds is 3. The zero-order valence-corrected chi connectivity index (χ0v) is 17.6. The van der Waals surface area contributed by atoms with Gasteiger partial charge in [-0.05, 0) is 37.9 Å². The summed E-state index contributed by atoms with van der Waals surface area (Å²) in [4.78, 5) is 20.5. The van der Waals surface area contributed by atoms with Crippen LogP contribution in [0.4, 0.5) is 0 Å². The van der Waals surface area contributed by atoms with E-state index in [-0.39, 0.29) is 19.1 Å². The molecule has 1 fully saturated rings. The van der Waals surface area contributed by atoms with Gasteiger partial charge in [0, 0.05) is 53.0 Å². The minimum absolute atomic E-state index is 0.0404. The fraction of sp³-hybridized carbons (Fsp3) is 0.714. The molecule has 164 valence electrons. The van der Waals surface area contributed by atoms with Crippen molar-refractivity contribution < 1.29 is 24.5 Å². The van der Waals surface area contributed by atoms with E-state index in [2.05, 4.69) is 9.88 Å². The summed E-state index contributed by atoms with van der Waals surface area (Å²) in [6.45, 7) is 5.38. The Kier molecular flexibility index (Phi) is 10.5. The molecule has 2 rings (SSSR count). The van der Waals surface area contributed by atoms with Crippen LogP contribution < -0.4 is 0 Å². The quantitative estimate of drug-likeness (QED) is 0.758. The van der Waals surface area contributed by atoms with Crippen molar-refractivity contribution in [3.63, 3.8) is 0 Å². The summed E-state index contributed by atoms with van der Waals surface area (Å²) >= 11 is 0. The molecule has 8 nitrogen and oxygen atoms in total. The number of nitrogens with zero attached hydrogens (tertiary/aromatic N) is 3. The minimum atomic E-state index is -1.12. The van der Waals surface area contributed by atoms with Gasteiger partial charge in [-0.15, -0.1) is 0 Å². The first kappa shape index (κ1) is 23.7. The second-order valence-corrected chi connectivity index (χ2v) is 7.53. The number of aliphatic hydroxyl groups is 2. The van der Waals surface area contributed by atoms with Gasteiger partial charge in [-0.25, -0.2) is 0 Å². The van der Waals surface area contributed by atoms with Gasteiger partial charge in [0.15, 0.2) is 0 Å². The number of carbonyl (C=O) groups is 1. The van der Waals surface area contributed by atoms with E-state index in [9.17, 15) is 15.0 Å². The molecule has 1 aromatic rings. The monoisotopic (exact) mass is 409 g/mol. The van der Waals surface area contributed by atoms with Gasteiger partial charge in [0.1, 0.15) is 18.3 Å². The Balaban J connectivity index is 2.04. The molecular formula is C21H35N3O5. The molecule has 1 aromatic heterocycles. The number of ether oxygens (including phenoxy) is 2. The fourth-order valence-electron chi connectivity index (χ4n) is 3.48. The van der Waals surface area contributed by atoms with Crippen LogP contribution in [-0.4, -0.2) is 95.7 Å². The summed E-state index contributed by atoms with van der Waals surface area (Å²) in [5, 5.41) is 20.6. The lowest BCUT2D eigenvalue weighted by molar-refractivity contribution is -0.136. The van der Waals surface area contributed by atoms with Gasteiger partial charge in [-0.1, -0.05) is 6.07 Å². The molecule has 1 saturated heterocycles. The highest BCUT2D eigenvalue weighted by atomic mass is 16.5. The predicted molar refractivity (Wildman–Crippen MR) is 109 cm³/mol. The largest absolute Gasteiger partial charge is 0.388 e. The lowest BCUT2D eigenvalue weighted by atomic mass is 10.1.